The lowest BCUT2D eigenvalue weighted by molar-refractivity contribution is -0.112. The van der Waals surface area contributed by atoms with Crippen LogP contribution in [0.15, 0.2) is 58.5 Å². The standard InChI is InChI=1S/C24H19ClN2O4/c1-14-4-6-18(12-21(14)25)27-23(28)17(13-26)11-19-7-9-22(31-19)20-8-5-16(10-15(20)2)24(29)30-3/h4-12H,1-3H3,(H,27,28)/b17-11-. The van der Waals surface area contributed by atoms with Gasteiger partial charge in [-0.15, -0.1) is 0 Å². The first-order valence-electron chi connectivity index (χ1n) is 9.31. The Morgan fingerprint density at radius 1 is 1.10 bits per heavy atom. The van der Waals surface area contributed by atoms with Crippen LogP contribution in [0.4, 0.5) is 5.69 Å². The van der Waals surface area contributed by atoms with Crippen molar-refractivity contribution in [1.29, 1.82) is 5.26 Å². The third-order valence-corrected chi connectivity index (χ3v) is 5.03. The number of benzene rings is 2. The fourth-order valence-electron chi connectivity index (χ4n) is 2.92. The Hall–Kier alpha value is -3.82. The highest BCUT2D eigenvalue weighted by atomic mass is 35.5. The highest BCUT2D eigenvalue weighted by Gasteiger charge is 2.14. The number of furan rings is 1. The number of hydrogen-bond donors (Lipinski definition) is 1. The Morgan fingerprint density at radius 2 is 1.87 bits per heavy atom. The minimum atomic E-state index is -0.570. The van der Waals surface area contributed by atoms with Crippen LogP contribution in [0.25, 0.3) is 17.4 Å². The van der Waals surface area contributed by atoms with Gasteiger partial charge < -0.3 is 14.5 Å². The van der Waals surface area contributed by atoms with Crippen LogP contribution in [0.2, 0.25) is 5.02 Å². The summed E-state index contributed by atoms with van der Waals surface area (Å²) in [5.41, 5.74) is 3.30. The van der Waals surface area contributed by atoms with Gasteiger partial charge in [-0.3, -0.25) is 4.79 Å². The molecule has 0 unspecified atom stereocenters. The van der Waals surface area contributed by atoms with Crippen LogP contribution in [0.3, 0.4) is 0 Å². The molecule has 31 heavy (non-hydrogen) atoms. The fraction of sp³-hybridized carbons (Fsp3) is 0.125. The Balaban J connectivity index is 1.82. The Bertz CT molecular complexity index is 1230. The first-order chi connectivity index (χ1) is 14.8. The van der Waals surface area contributed by atoms with E-state index in [0.29, 0.717) is 27.8 Å². The highest BCUT2D eigenvalue weighted by molar-refractivity contribution is 6.31. The number of hydrogen-bond acceptors (Lipinski definition) is 5. The van der Waals surface area contributed by atoms with Crippen LogP contribution in [0.1, 0.15) is 27.2 Å². The molecule has 2 aromatic carbocycles. The second-order valence-corrected chi connectivity index (χ2v) is 7.22. The Morgan fingerprint density at radius 3 is 2.52 bits per heavy atom. The predicted molar refractivity (Wildman–Crippen MR) is 119 cm³/mol. The number of nitrogens with one attached hydrogen (secondary N) is 1. The third-order valence-electron chi connectivity index (χ3n) is 4.62. The van der Waals surface area contributed by atoms with Crippen molar-refractivity contribution in [2.24, 2.45) is 0 Å². The number of anilines is 1. The number of rotatable bonds is 5. The molecule has 0 aliphatic rings. The van der Waals surface area contributed by atoms with Gasteiger partial charge in [0.05, 0.1) is 12.7 Å². The first-order valence-corrected chi connectivity index (χ1v) is 9.68. The van der Waals surface area contributed by atoms with E-state index in [1.54, 1.807) is 48.5 Å². The minimum Gasteiger partial charge on any atom is -0.465 e. The van der Waals surface area contributed by atoms with Crippen LogP contribution < -0.4 is 5.32 Å². The third kappa shape index (κ3) is 5.03. The molecule has 0 aliphatic heterocycles. The number of halogens is 1. The molecule has 6 nitrogen and oxygen atoms in total. The van der Waals surface area contributed by atoms with Gasteiger partial charge in [0, 0.05) is 22.3 Å². The zero-order valence-corrected chi connectivity index (χ0v) is 17.9. The van der Waals surface area contributed by atoms with E-state index in [9.17, 15) is 14.9 Å². The lowest BCUT2D eigenvalue weighted by Crippen LogP contribution is -2.13. The number of carbonyl (C=O) groups is 2. The summed E-state index contributed by atoms with van der Waals surface area (Å²) in [5, 5.41) is 12.6. The van der Waals surface area contributed by atoms with Crippen molar-refractivity contribution in [2.75, 3.05) is 12.4 Å². The maximum Gasteiger partial charge on any atom is 0.337 e. The van der Waals surface area contributed by atoms with E-state index in [1.165, 1.54) is 13.2 Å². The summed E-state index contributed by atoms with van der Waals surface area (Å²) in [6, 6.07) is 15.5. The van der Waals surface area contributed by atoms with Crippen LogP contribution in [-0.4, -0.2) is 19.0 Å². The number of ether oxygens (including phenoxy) is 1. The molecule has 7 heteroatoms. The average molecular weight is 435 g/mol. The van der Waals surface area contributed by atoms with Crippen LogP contribution in [-0.2, 0) is 9.53 Å². The smallest absolute Gasteiger partial charge is 0.337 e. The summed E-state index contributed by atoms with van der Waals surface area (Å²) in [6.45, 7) is 3.70. The molecule has 0 fully saturated rings. The molecule has 3 aromatic rings. The van der Waals surface area contributed by atoms with Crippen molar-refractivity contribution >= 4 is 35.2 Å². The van der Waals surface area contributed by atoms with E-state index in [1.807, 2.05) is 19.9 Å². The van der Waals surface area contributed by atoms with Gasteiger partial charge in [-0.2, -0.15) is 5.26 Å². The quantitative estimate of drug-likeness (QED) is 0.323. The van der Waals surface area contributed by atoms with Gasteiger partial charge in [0.25, 0.3) is 5.91 Å². The van der Waals surface area contributed by atoms with Gasteiger partial charge >= 0.3 is 5.97 Å². The molecule has 3 rings (SSSR count). The van der Waals surface area contributed by atoms with E-state index in [2.05, 4.69) is 5.32 Å². The monoisotopic (exact) mass is 434 g/mol. The van der Waals surface area contributed by atoms with E-state index >= 15 is 0 Å². The van der Waals surface area contributed by atoms with Gasteiger partial charge in [0.2, 0.25) is 0 Å². The van der Waals surface area contributed by atoms with Gasteiger partial charge in [-0.25, -0.2) is 4.79 Å². The molecule has 1 aromatic heterocycles. The highest BCUT2D eigenvalue weighted by Crippen LogP contribution is 2.28. The van der Waals surface area contributed by atoms with Crippen LogP contribution >= 0.6 is 11.6 Å². The van der Waals surface area contributed by atoms with Crippen molar-refractivity contribution in [2.45, 2.75) is 13.8 Å². The predicted octanol–water partition coefficient (Wildman–Crippen LogP) is 5.55. The van der Waals surface area contributed by atoms with E-state index in [0.717, 1.165) is 16.7 Å². The number of methoxy groups -OCH3 is 1. The van der Waals surface area contributed by atoms with Crippen molar-refractivity contribution in [3.63, 3.8) is 0 Å². The first kappa shape index (κ1) is 21.9. The van der Waals surface area contributed by atoms with Crippen molar-refractivity contribution in [3.05, 3.63) is 81.6 Å². The molecule has 156 valence electrons. The Kier molecular flexibility index (Phi) is 6.58. The fourth-order valence-corrected chi connectivity index (χ4v) is 3.10. The van der Waals surface area contributed by atoms with Gasteiger partial charge in [0.15, 0.2) is 0 Å². The molecular weight excluding hydrogens is 416 g/mol. The number of aryl methyl sites for hydroxylation is 2. The number of amides is 1. The van der Waals surface area contributed by atoms with E-state index < -0.39 is 11.9 Å². The normalized spacial score (nSPS) is 11.0. The summed E-state index contributed by atoms with van der Waals surface area (Å²) in [7, 11) is 1.33. The molecule has 0 saturated carbocycles. The lowest BCUT2D eigenvalue weighted by atomic mass is 10.0. The zero-order valence-electron chi connectivity index (χ0n) is 17.2. The summed E-state index contributed by atoms with van der Waals surface area (Å²) >= 11 is 6.08. The molecule has 0 saturated heterocycles. The molecule has 0 radical (unpaired) electrons. The maximum atomic E-state index is 12.5. The lowest BCUT2D eigenvalue weighted by Gasteiger charge is -2.06. The molecule has 0 spiro atoms. The number of nitriles is 1. The largest absolute Gasteiger partial charge is 0.465 e. The summed E-state index contributed by atoms with van der Waals surface area (Å²) in [5.74, 6) is -0.0977. The molecule has 0 bridgehead atoms. The van der Waals surface area contributed by atoms with Crippen molar-refractivity contribution in [3.8, 4) is 17.4 Å². The van der Waals surface area contributed by atoms with Crippen LogP contribution in [0.5, 0.6) is 0 Å². The van der Waals surface area contributed by atoms with Gasteiger partial charge in [0.1, 0.15) is 23.2 Å². The molecule has 1 heterocycles. The summed E-state index contributed by atoms with van der Waals surface area (Å²) in [4.78, 5) is 24.1. The number of nitrogens with zero attached hydrogens (tertiary/aromatic N) is 1. The second kappa shape index (κ2) is 9.33. The SMILES string of the molecule is COC(=O)c1ccc(-c2ccc(/C=C(/C#N)C(=O)Nc3ccc(C)c(Cl)c3)o2)c(C)c1. The van der Waals surface area contributed by atoms with Crippen molar-refractivity contribution in [1.82, 2.24) is 0 Å². The topological polar surface area (TPSA) is 92.3 Å². The molecule has 1 amide bonds. The average Bonchev–Trinajstić information content (AvgIpc) is 3.22. The van der Waals surface area contributed by atoms with Crippen molar-refractivity contribution < 1.29 is 18.7 Å². The number of esters is 1. The summed E-state index contributed by atoms with van der Waals surface area (Å²) < 4.78 is 10.5. The number of carbonyl (C=O) groups excluding carboxylic acids is 2. The van der Waals surface area contributed by atoms with Gasteiger partial charge in [-0.1, -0.05) is 23.7 Å². The maximum absolute atomic E-state index is 12.5. The zero-order chi connectivity index (χ0) is 22.5. The molecule has 1 N–H and O–H groups in total. The van der Waals surface area contributed by atoms with E-state index in [-0.39, 0.29) is 5.57 Å². The molecular formula is C24H19ClN2O4. The molecule has 0 aliphatic carbocycles. The van der Waals surface area contributed by atoms with Gasteiger partial charge in [-0.05, 0) is 61.4 Å². The minimum absolute atomic E-state index is 0.115. The van der Waals surface area contributed by atoms with E-state index in [4.69, 9.17) is 20.8 Å². The molecule has 0 atom stereocenters. The van der Waals surface area contributed by atoms with Crippen LogP contribution in [0, 0.1) is 25.2 Å². The Labute approximate surface area is 184 Å². The summed E-state index contributed by atoms with van der Waals surface area (Å²) in [6.07, 6.45) is 1.37. The second-order valence-electron chi connectivity index (χ2n) is 6.81.